The molecule has 2 aromatic rings. The third-order valence-electron chi connectivity index (χ3n) is 5.44. The highest BCUT2D eigenvalue weighted by Crippen LogP contribution is 2.24. The normalized spacial score (nSPS) is 19.9. The van der Waals surface area contributed by atoms with Crippen LogP contribution in [0.1, 0.15) is 42.5 Å². The molecule has 0 bridgehead atoms. The topological polar surface area (TPSA) is 36.4 Å². The van der Waals surface area contributed by atoms with Gasteiger partial charge in [-0.1, -0.05) is 12.5 Å². The van der Waals surface area contributed by atoms with Crippen molar-refractivity contribution < 1.29 is 4.79 Å². The molecule has 5 heteroatoms. The molecule has 2 aromatic heterocycles. The minimum atomic E-state index is 0.127. The Bertz CT molecular complexity index is 684. The highest BCUT2D eigenvalue weighted by atomic mass is 32.1. The van der Waals surface area contributed by atoms with Crippen LogP contribution in [0.25, 0.3) is 10.6 Å². The molecule has 132 valence electrons. The van der Waals surface area contributed by atoms with Gasteiger partial charge in [0.1, 0.15) is 0 Å². The molecule has 2 aliphatic rings. The zero-order valence-corrected chi connectivity index (χ0v) is 15.4. The summed E-state index contributed by atoms with van der Waals surface area (Å²) in [5, 5.41) is 2.04. The number of rotatable bonds is 3. The summed E-state index contributed by atoms with van der Waals surface area (Å²) >= 11 is 1.67. The summed E-state index contributed by atoms with van der Waals surface area (Å²) in [6.45, 7) is 4.22. The maximum Gasteiger partial charge on any atom is 0.255 e. The Morgan fingerprint density at radius 3 is 2.48 bits per heavy atom. The summed E-state index contributed by atoms with van der Waals surface area (Å²) in [7, 11) is 0. The number of hydrogen-bond donors (Lipinski definition) is 0. The molecule has 0 aliphatic carbocycles. The fourth-order valence-corrected chi connectivity index (χ4v) is 4.69. The maximum absolute atomic E-state index is 12.8. The molecule has 1 amide bonds. The van der Waals surface area contributed by atoms with E-state index in [9.17, 15) is 4.79 Å². The number of piperidine rings is 2. The Kier molecular flexibility index (Phi) is 5.13. The molecule has 4 rings (SSSR count). The van der Waals surface area contributed by atoms with Crippen LogP contribution < -0.4 is 0 Å². The van der Waals surface area contributed by atoms with E-state index in [0.29, 0.717) is 11.6 Å². The highest BCUT2D eigenvalue weighted by molar-refractivity contribution is 7.13. The summed E-state index contributed by atoms with van der Waals surface area (Å²) in [6.07, 6.45) is 7.98. The number of thiophene rings is 1. The van der Waals surface area contributed by atoms with Crippen molar-refractivity contribution in [3.63, 3.8) is 0 Å². The van der Waals surface area contributed by atoms with E-state index in [-0.39, 0.29) is 5.91 Å². The lowest BCUT2D eigenvalue weighted by Gasteiger charge is -2.40. The predicted molar refractivity (Wildman–Crippen MR) is 102 cm³/mol. The summed E-state index contributed by atoms with van der Waals surface area (Å²) in [4.78, 5) is 23.0. The van der Waals surface area contributed by atoms with Crippen molar-refractivity contribution in [3.05, 3.63) is 41.4 Å². The number of aromatic nitrogens is 1. The Balaban J connectivity index is 1.35. The average Bonchev–Trinajstić information content (AvgIpc) is 3.23. The lowest BCUT2D eigenvalue weighted by Crippen LogP contribution is -2.48. The average molecular weight is 356 g/mol. The van der Waals surface area contributed by atoms with Gasteiger partial charge >= 0.3 is 0 Å². The molecule has 2 aliphatic heterocycles. The first-order chi connectivity index (χ1) is 12.3. The quantitative estimate of drug-likeness (QED) is 0.838. The zero-order valence-electron chi connectivity index (χ0n) is 14.6. The van der Waals surface area contributed by atoms with Crippen LogP contribution in [0.2, 0.25) is 0 Å². The van der Waals surface area contributed by atoms with E-state index < -0.39 is 0 Å². The van der Waals surface area contributed by atoms with E-state index in [1.807, 2.05) is 28.5 Å². The number of carbonyl (C=O) groups is 1. The minimum absolute atomic E-state index is 0.127. The van der Waals surface area contributed by atoms with Crippen LogP contribution in [-0.2, 0) is 0 Å². The summed E-state index contributed by atoms with van der Waals surface area (Å²) in [6, 6.07) is 8.62. The van der Waals surface area contributed by atoms with Gasteiger partial charge in [-0.2, -0.15) is 0 Å². The van der Waals surface area contributed by atoms with Crippen LogP contribution in [0, 0.1) is 0 Å². The van der Waals surface area contributed by atoms with E-state index in [1.54, 1.807) is 17.5 Å². The first-order valence-electron chi connectivity index (χ1n) is 9.34. The molecule has 25 heavy (non-hydrogen) atoms. The second-order valence-corrected chi connectivity index (χ2v) is 7.98. The van der Waals surface area contributed by atoms with E-state index in [1.165, 1.54) is 32.4 Å². The molecule has 0 saturated carbocycles. The first kappa shape index (κ1) is 16.7. The fourth-order valence-electron chi connectivity index (χ4n) is 3.99. The summed E-state index contributed by atoms with van der Waals surface area (Å²) < 4.78 is 0. The van der Waals surface area contributed by atoms with E-state index in [4.69, 9.17) is 0 Å². The Morgan fingerprint density at radius 1 is 1.04 bits per heavy atom. The molecule has 2 saturated heterocycles. The monoisotopic (exact) mass is 355 g/mol. The van der Waals surface area contributed by atoms with Gasteiger partial charge in [0.25, 0.3) is 5.91 Å². The van der Waals surface area contributed by atoms with Crippen LogP contribution in [-0.4, -0.2) is 52.9 Å². The molecule has 4 nitrogen and oxygen atoms in total. The Labute approximate surface area is 153 Å². The second-order valence-electron chi connectivity index (χ2n) is 7.03. The molecular weight excluding hydrogens is 330 g/mol. The van der Waals surface area contributed by atoms with Crippen molar-refractivity contribution in [3.8, 4) is 10.6 Å². The van der Waals surface area contributed by atoms with Gasteiger partial charge in [-0.25, -0.2) is 0 Å². The minimum Gasteiger partial charge on any atom is -0.338 e. The molecule has 4 heterocycles. The van der Waals surface area contributed by atoms with Crippen molar-refractivity contribution in [2.45, 2.75) is 38.1 Å². The third-order valence-corrected chi connectivity index (χ3v) is 6.34. The largest absolute Gasteiger partial charge is 0.338 e. The maximum atomic E-state index is 12.8. The molecule has 0 spiro atoms. The van der Waals surface area contributed by atoms with Crippen molar-refractivity contribution in [1.29, 1.82) is 0 Å². The molecule has 0 N–H and O–H groups in total. The SMILES string of the molecule is O=C(c1ccc(-c2cccs2)nc1)N1CCC(N2CCCCC2)CC1. The van der Waals surface area contributed by atoms with Gasteiger partial charge in [-0.15, -0.1) is 11.3 Å². The number of nitrogens with zero attached hydrogens (tertiary/aromatic N) is 3. The van der Waals surface area contributed by atoms with Crippen LogP contribution >= 0.6 is 11.3 Å². The number of carbonyl (C=O) groups excluding carboxylic acids is 1. The van der Waals surface area contributed by atoms with Crippen LogP contribution in [0.3, 0.4) is 0 Å². The van der Waals surface area contributed by atoms with Crippen LogP contribution in [0.4, 0.5) is 0 Å². The number of hydrogen-bond acceptors (Lipinski definition) is 4. The Hall–Kier alpha value is -1.72. The van der Waals surface area contributed by atoms with Crippen LogP contribution in [0.5, 0.6) is 0 Å². The predicted octanol–water partition coefficient (Wildman–Crippen LogP) is 3.90. The lowest BCUT2D eigenvalue weighted by molar-refractivity contribution is 0.0589. The lowest BCUT2D eigenvalue weighted by atomic mass is 9.99. The standard InChI is InChI=1S/C20H25N3OS/c24-20(16-6-7-18(21-15-16)19-5-4-14-25-19)23-12-8-17(9-13-23)22-10-2-1-3-11-22/h4-7,14-15,17H,1-3,8-13H2. The van der Waals surface area contributed by atoms with Gasteiger partial charge in [-0.05, 0) is 62.4 Å². The number of amides is 1. The summed E-state index contributed by atoms with van der Waals surface area (Å²) in [5.41, 5.74) is 1.65. The first-order valence-corrected chi connectivity index (χ1v) is 10.2. The second kappa shape index (κ2) is 7.67. The number of likely N-dealkylation sites (tertiary alicyclic amines) is 2. The van der Waals surface area contributed by atoms with E-state index in [2.05, 4.69) is 16.0 Å². The Morgan fingerprint density at radius 2 is 1.84 bits per heavy atom. The van der Waals surface area contributed by atoms with Gasteiger partial charge in [-0.3, -0.25) is 9.78 Å². The molecule has 0 unspecified atom stereocenters. The van der Waals surface area contributed by atoms with Gasteiger partial charge in [0, 0.05) is 25.3 Å². The molecule has 2 fully saturated rings. The van der Waals surface area contributed by atoms with Crippen molar-refractivity contribution in [2.24, 2.45) is 0 Å². The van der Waals surface area contributed by atoms with E-state index in [0.717, 1.165) is 36.5 Å². The highest BCUT2D eigenvalue weighted by Gasteiger charge is 2.28. The van der Waals surface area contributed by atoms with Gasteiger partial charge in [0.2, 0.25) is 0 Å². The van der Waals surface area contributed by atoms with Gasteiger partial charge in [0.15, 0.2) is 0 Å². The van der Waals surface area contributed by atoms with Crippen molar-refractivity contribution in [1.82, 2.24) is 14.8 Å². The van der Waals surface area contributed by atoms with Crippen molar-refractivity contribution in [2.75, 3.05) is 26.2 Å². The smallest absolute Gasteiger partial charge is 0.255 e. The third kappa shape index (κ3) is 3.77. The van der Waals surface area contributed by atoms with E-state index >= 15 is 0 Å². The molecule has 0 radical (unpaired) electrons. The zero-order chi connectivity index (χ0) is 17.1. The fraction of sp³-hybridized carbons (Fsp3) is 0.500. The summed E-state index contributed by atoms with van der Waals surface area (Å²) in [5.74, 6) is 0.127. The van der Waals surface area contributed by atoms with Crippen LogP contribution in [0.15, 0.2) is 35.8 Å². The van der Waals surface area contributed by atoms with Gasteiger partial charge in [0.05, 0.1) is 16.1 Å². The number of pyridine rings is 1. The van der Waals surface area contributed by atoms with Crippen molar-refractivity contribution >= 4 is 17.2 Å². The molecule has 0 atom stereocenters. The molecular formula is C20H25N3OS. The van der Waals surface area contributed by atoms with Gasteiger partial charge < -0.3 is 9.80 Å². The molecule has 0 aromatic carbocycles.